The first kappa shape index (κ1) is 20.0. The molecule has 1 aromatic rings. The van der Waals surface area contributed by atoms with Crippen LogP contribution in [0.5, 0.6) is 0 Å². The standard InChI is InChI=1S/C22H35NO2S/c1-18(16-20-17-26-19(2)23-20)22-13-15-24-14-11-9-7-5-3-4-6-8-10-12-21(22)25-22/h16-17,21H,3-15H2,1-2H3. The molecular formula is C22H35NO2S. The van der Waals surface area contributed by atoms with E-state index in [0.717, 1.165) is 30.3 Å². The quantitative estimate of drug-likeness (QED) is 0.566. The van der Waals surface area contributed by atoms with Gasteiger partial charge in [0.25, 0.3) is 0 Å². The van der Waals surface area contributed by atoms with E-state index in [4.69, 9.17) is 9.47 Å². The van der Waals surface area contributed by atoms with Crippen molar-refractivity contribution < 1.29 is 9.47 Å². The Morgan fingerprint density at radius 1 is 1.08 bits per heavy atom. The molecule has 2 saturated heterocycles. The Labute approximate surface area is 163 Å². The SMILES string of the molecule is CC(=Cc1csc(C)n1)C12CCOCCCCCCCCCCCC1O2. The maximum absolute atomic E-state index is 6.30. The molecule has 26 heavy (non-hydrogen) atoms. The van der Waals surface area contributed by atoms with Crippen LogP contribution in [0.2, 0.25) is 0 Å². The molecule has 2 atom stereocenters. The highest BCUT2D eigenvalue weighted by atomic mass is 32.1. The molecule has 0 aromatic carbocycles. The Hall–Kier alpha value is -0.710. The van der Waals surface area contributed by atoms with Gasteiger partial charge in [0.1, 0.15) is 5.60 Å². The molecule has 3 heterocycles. The van der Waals surface area contributed by atoms with Crippen molar-refractivity contribution in [1.29, 1.82) is 0 Å². The maximum atomic E-state index is 6.30. The minimum atomic E-state index is -0.103. The first-order valence-electron chi connectivity index (χ1n) is 10.6. The summed E-state index contributed by atoms with van der Waals surface area (Å²) < 4.78 is 12.2. The zero-order valence-corrected chi connectivity index (χ0v) is 17.4. The predicted octanol–water partition coefficient (Wildman–Crippen LogP) is 6.31. The molecule has 2 aliphatic heterocycles. The summed E-state index contributed by atoms with van der Waals surface area (Å²) in [6.45, 7) is 5.98. The number of rotatable bonds is 2. The number of thiazole rings is 1. The van der Waals surface area contributed by atoms with E-state index in [9.17, 15) is 0 Å². The molecule has 3 rings (SSSR count). The molecule has 0 radical (unpaired) electrons. The van der Waals surface area contributed by atoms with E-state index in [1.54, 1.807) is 11.3 Å². The lowest BCUT2D eigenvalue weighted by Gasteiger charge is -2.15. The van der Waals surface area contributed by atoms with Gasteiger partial charge in [0.2, 0.25) is 0 Å². The second kappa shape index (κ2) is 10.0. The first-order chi connectivity index (χ1) is 12.7. The summed E-state index contributed by atoms with van der Waals surface area (Å²) in [5.74, 6) is 0. The Balaban J connectivity index is 1.60. The van der Waals surface area contributed by atoms with Crippen molar-refractivity contribution in [1.82, 2.24) is 4.98 Å². The number of aromatic nitrogens is 1. The minimum Gasteiger partial charge on any atom is -0.381 e. The second-order valence-electron chi connectivity index (χ2n) is 7.95. The molecular weight excluding hydrogens is 342 g/mol. The number of hydrogen-bond acceptors (Lipinski definition) is 4. The molecule has 0 spiro atoms. The van der Waals surface area contributed by atoms with Gasteiger partial charge < -0.3 is 9.47 Å². The van der Waals surface area contributed by atoms with E-state index < -0.39 is 0 Å². The van der Waals surface area contributed by atoms with Crippen LogP contribution in [0.1, 0.15) is 88.3 Å². The van der Waals surface area contributed by atoms with Crippen LogP contribution in [-0.2, 0) is 9.47 Å². The number of epoxide rings is 1. The van der Waals surface area contributed by atoms with Crippen LogP contribution < -0.4 is 0 Å². The summed E-state index contributed by atoms with van der Waals surface area (Å²) in [6.07, 6.45) is 16.8. The number of ether oxygens (including phenoxy) is 2. The van der Waals surface area contributed by atoms with Crippen LogP contribution in [0.4, 0.5) is 0 Å². The second-order valence-corrected chi connectivity index (χ2v) is 9.01. The Bertz CT molecular complexity index is 582. The molecule has 0 amide bonds. The van der Waals surface area contributed by atoms with Gasteiger partial charge in [0, 0.05) is 25.0 Å². The van der Waals surface area contributed by atoms with E-state index in [1.807, 2.05) is 0 Å². The molecule has 0 aliphatic carbocycles. The van der Waals surface area contributed by atoms with Gasteiger partial charge in [-0.2, -0.15) is 0 Å². The van der Waals surface area contributed by atoms with Gasteiger partial charge in [0.15, 0.2) is 0 Å². The number of aryl methyl sites for hydroxylation is 1. The third-order valence-corrected chi connectivity index (χ3v) is 6.65. The Kier molecular flexibility index (Phi) is 7.71. The molecule has 146 valence electrons. The lowest BCUT2D eigenvalue weighted by Crippen LogP contribution is -2.20. The normalized spacial score (nSPS) is 29.9. The van der Waals surface area contributed by atoms with Gasteiger partial charge >= 0.3 is 0 Å². The van der Waals surface area contributed by atoms with Crippen LogP contribution in [0.15, 0.2) is 11.0 Å². The Morgan fingerprint density at radius 2 is 1.77 bits per heavy atom. The number of fused-ring (bicyclic) bond motifs is 1. The van der Waals surface area contributed by atoms with Gasteiger partial charge in [-0.1, -0.05) is 51.4 Å². The average Bonchev–Trinajstić information content (AvgIpc) is 3.18. The summed E-state index contributed by atoms with van der Waals surface area (Å²) in [7, 11) is 0. The fourth-order valence-corrected chi connectivity index (χ4v) is 4.73. The molecule has 0 bridgehead atoms. The third-order valence-electron chi connectivity index (χ3n) is 5.86. The van der Waals surface area contributed by atoms with E-state index in [2.05, 4.69) is 30.3 Å². The zero-order chi connectivity index (χ0) is 18.2. The van der Waals surface area contributed by atoms with E-state index >= 15 is 0 Å². The monoisotopic (exact) mass is 377 g/mol. The largest absolute Gasteiger partial charge is 0.381 e. The van der Waals surface area contributed by atoms with E-state index in [1.165, 1.54) is 69.8 Å². The van der Waals surface area contributed by atoms with Crippen molar-refractivity contribution in [2.75, 3.05) is 13.2 Å². The molecule has 4 heteroatoms. The average molecular weight is 378 g/mol. The summed E-state index contributed by atoms with van der Waals surface area (Å²) in [5, 5.41) is 3.26. The van der Waals surface area contributed by atoms with Crippen LogP contribution >= 0.6 is 11.3 Å². The third kappa shape index (κ3) is 5.64. The summed E-state index contributed by atoms with van der Waals surface area (Å²) in [5.41, 5.74) is 2.29. The van der Waals surface area contributed by atoms with Crippen LogP contribution in [0.25, 0.3) is 6.08 Å². The van der Waals surface area contributed by atoms with Crippen molar-refractivity contribution in [2.24, 2.45) is 0 Å². The first-order valence-corrected chi connectivity index (χ1v) is 11.5. The number of hydrogen-bond donors (Lipinski definition) is 0. The molecule has 2 unspecified atom stereocenters. The van der Waals surface area contributed by atoms with Crippen LogP contribution in [0.3, 0.4) is 0 Å². The van der Waals surface area contributed by atoms with Crippen molar-refractivity contribution in [3.63, 3.8) is 0 Å². The highest BCUT2D eigenvalue weighted by Gasteiger charge is 2.56. The van der Waals surface area contributed by atoms with Crippen molar-refractivity contribution in [3.8, 4) is 0 Å². The van der Waals surface area contributed by atoms with Crippen LogP contribution in [-0.4, -0.2) is 29.9 Å². The smallest absolute Gasteiger partial charge is 0.118 e. The number of nitrogens with zero attached hydrogens (tertiary/aromatic N) is 1. The molecule has 0 saturated carbocycles. The van der Waals surface area contributed by atoms with Crippen LogP contribution in [0, 0.1) is 6.92 Å². The lowest BCUT2D eigenvalue weighted by atomic mass is 9.90. The van der Waals surface area contributed by atoms with Crippen molar-refractivity contribution >= 4 is 17.4 Å². The highest BCUT2D eigenvalue weighted by Crippen LogP contribution is 2.49. The van der Waals surface area contributed by atoms with Gasteiger partial charge in [0.05, 0.1) is 16.8 Å². The molecule has 2 fully saturated rings. The van der Waals surface area contributed by atoms with Gasteiger partial charge in [-0.3, -0.25) is 0 Å². The fourth-order valence-electron chi connectivity index (χ4n) is 4.16. The molecule has 3 nitrogen and oxygen atoms in total. The van der Waals surface area contributed by atoms with Crippen molar-refractivity contribution in [3.05, 3.63) is 21.7 Å². The topological polar surface area (TPSA) is 34.6 Å². The molecule has 0 N–H and O–H groups in total. The Morgan fingerprint density at radius 3 is 2.46 bits per heavy atom. The van der Waals surface area contributed by atoms with E-state index in [0.29, 0.717) is 6.10 Å². The van der Waals surface area contributed by atoms with Gasteiger partial charge in [-0.15, -0.1) is 11.3 Å². The summed E-state index contributed by atoms with van der Waals surface area (Å²) >= 11 is 1.71. The lowest BCUT2D eigenvalue weighted by molar-refractivity contribution is 0.112. The predicted molar refractivity (Wildman–Crippen MR) is 110 cm³/mol. The minimum absolute atomic E-state index is 0.103. The van der Waals surface area contributed by atoms with Gasteiger partial charge in [-0.05, 0) is 38.3 Å². The molecule has 1 aromatic heterocycles. The summed E-state index contributed by atoms with van der Waals surface area (Å²) in [6, 6.07) is 0. The molecule has 2 aliphatic rings. The summed E-state index contributed by atoms with van der Waals surface area (Å²) in [4.78, 5) is 4.60. The van der Waals surface area contributed by atoms with E-state index in [-0.39, 0.29) is 5.60 Å². The van der Waals surface area contributed by atoms with Crippen molar-refractivity contribution in [2.45, 2.75) is 96.2 Å². The van der Waals surface area contributed by atoms with Gasteiger partial charge in [-0.25, -0.2) is 4.98 Å². The highest BCUT2D eigenvalue weighted by molar-refractivity contribution is 7.09. The zero-order valence-electron chi connectivity index (χ0n) is 16.6. The fraction of sp³-hybridized carbons (Fsp3) is 0.773. The maximum Gasteiger partial charge on any atom is 0.118 e.